The van der Waals surface area contributed by atoms with E-state index in [-0.39, 0.29) is 5.54 Å². The summed E-state index contributed by atoms with van der Waals surface area (Å²) < 4.78 is 0. The molecule has 0 aliphatic heterocycles. The van der Waals surface area contributed by atoms with Gasteiger partial charge in [-0.1, -0.05) is 26.7 Å². The number of nitrogens with one attached hydrogen (secondary N) is 1. The lowest BCUT2D eigenvalue weighted by Crippen LogP contribution is -2.46. The molecule has 0 aliphatic carbocycles. The van der Waals surface area contributed by atoms with E-state index < -0.39 is 0 Å². The molecule has 16 heavy (non-hydrogen) atoms. The van der Waals surface area contributed by atoms with Gasteiger partial charge in [-0.25, -0.2) is 0 Å². The summed E-state index contributed by atoms with van der Waals surface area (Å²) in [4.78, 5) is 2.52. The zero-order valence-electron chi connectivity index (χ0n) is 12.3. The van der Waals surface area contributed by atoms with Crippen molar-refractivity contribution in [3.8, 4) is 0 Å². The number of hydrogen-bond acceptors (Lipinski definition) is 2. The minimum absolute atomic E-state index is 0.234. The second-order valence-corrected chi connectivity index (χ2v) is 5.91. The van der Waals surface area contributed by atoms with Gasteiger partial charge in [-0.3, -0.25) is 0 Å². The molecule has 1 unspecified atom stereocenters. The van der Waals surface area contributed by atoms with E-state index in [9.17, 15) is 0 Å². The van der Waals surface area contributed by atoms with Crippen molar-refractivity contribution < 1.29 is 0 Å². The third kappa shape index (κ3) is 8.12. The molecular formula is C14H32N2. The first-order chi connectivity index (χ1) is 7.40. The molecule has 2 nitrogen and oxygen atoms in total. The van der Waals surface area contributed by atoms with Crippen molar-refractivity contribution >= 4 is 0 Å². The highest BCUT2D eigenvalue weighted by molar-refractivity contribution is 4.77. The number of nitrogens with zero attached hydrogens (tertiary/aromatic N) is 1. The van der Waals surface area contributed by atoms with Gasteiger partial charge in [-0.15, -0.1) is 0 Å². The highest BCUT2D eigenvalue weighted by Gasteiger charge is 2.16. The van der Waals surface area contributed by atoms with Crippen LogP contribution in [-0.2, 0) is 0 Å². The maximum absolute atomic E-state index is 3.62. The van der Waals surface area contributed by atoms with E-state index in [1.54, 1.807) is 0 Å². The van der Waals surface area contributed by atoms with E-state index >= 15 is 0 Å². The summed E-state index contributed by atoms with van der Waals surface area (Å²) in [6.07, 6.45) is 5.17. The Morgan fingerprint density at radius 3 is 2.19 bits per heavy atom. The fraction of sp³-hybridized carbons (Fsp3) is 1.00. The average molecular weight is 228 g/mol. The predicted molar refractivity (Wildman–Crippen MR) is 74.0 cm³/mol. The molecule has 0 radical (unpaired) electrons. The molecule has 0 heterocycles. The lowest BCUT2D eigenvalue weighted by atomic mass is 10.1. The number of unbranched alkanes of at least 4 members (excludes halogenated alkanes) is 1. The van der Waals surface area contributed by atoms with Crippen molar-refractivity contribution in [2.24, 2.45) is 0 Å². The topological polar surface area (TPSA) is 15.3 Å². The molecule has 0 fully saturated rings. The molecule has 0 amide bonds. The van der Waals surface area contributed by atoms with E-state index in [0.29, 0.717) is 6.04 Å². The van der Waals surface area contributed by atoms with Crippen LogP contribution in [0.4, 0.5) is 0 Å². The van der Waals surface area contributed by atoms with E-state index in [2.05, 4.69) is 51.9 Å². The van der Waals surface area contributed by atoms with Gasteiger partial charge < -0.3 is 10.2 Å². The Balaban J connectivity index is 4.04. The zero-order chi connectivity index (χ0) is 12.6. The summed E-state index contributed by atoms with van der Waals surface area (Å²) in [6, 6.07) is 0.691. The minimum atomic E-state index is 0.234. The first kappa shape index (κ1) is 15.9. The zero-order valence-corrected chi connectivity index (χ0v) is 12.3. The summed E-state index contributed by atoms with van der Waals surface area (Å²) in [5.74, 6) is 0. The summed E-state index contributed by atoms with van der Waals surface area (Å²) in [6.45, 7) is 13.6. The Morgan fingerprint density at radius 1 is 1.12 bits per heavy atom. The lowest BCUT2D eigenvalue weighted by molar-refractivity contribution is 0.207. The smallest absolute Gasteiger partial charge is 0.0217 e. The molecule has 98 valence electrons. The number of likely N-dealkylation sites (N-methyl/N-ethyl adjacent to an activating group) is 1. The molecule has 0 saturated carbocycles. The van der Waals surface area contributed by atoms with E-state index in [0.717, 1.165) is 6.54 Å². The highest BCUT2D eigenvalue weighted by Crippen LogP contribution is 2.08. The molecule has 0 aromatic heterocycles. The molecule has 0 aromatic rings. The van der Waals surface area contributed by atoms with Crippen molar-refractivity contribution in [3.63, 3.8) is 0 Å². The Morgan fingerprint density at radius 2 is 1.75 bits per heavy atom. The molecule has 0 aliphatic rings. The molecule has 1 atom stereocenters. The van der Waals surface area contributed by atoms with Crippen molar-refractivity contribution in [1.29, 1.82) is 0 Å². The first-order valence-electron chi connectivity index (χ1n) is 6.86. The van der Waals surface area contributed by atoms with E-state index in [1.165, 1.54) is 32.2 Å². The van der Waals surface area contributed by atoms with Gasteiger partial charge in [0.15, 0.2) is 0 Å². The van der Waals surface area contributed by atoms with Crippen LogP contribution in [0, 0.1) is 0 Å². The minimum Gasteiger partial charge on any atom is -0.311 e. The Hall–Kier alpha value is -0.0800. The van der Waals surface area contributed by atoms with Crippen LogP contribution in [0.3, 0.4) is 0 Å². The third-order valence-corrected chi connectivity index (χ3v) is 2.98. The monoisotopic (exact) mass is 228 g/mol. The fourth-order valence-electron chi connectivity index (χ4n) is 1.83. The van der Waals surface area contributed by atoms with Gasteiger partial charge in [-0.05, 0) is 47.2 Å². The Labute approximate surface area is 103 Å². The number of rotatable bonds is 8. The first-order valence-corrected chi connectivity index (χ1v) is 6.86. The highest BCUT2D eigenvalue weighted by atomic mass is 15.2. The van der Waals surface area contributed by atoms with Crippen molar-refractivity contribution in [3.05, 3.63) is 0 Å². The molecular weight excluding hydrogens is 196 g/mol. The van der Waals surface area contributed by atoms with Crippen LogP contribution in [0.5, 0.6) is 0 Å². The van der Waals surface area contributed by atoms with Crippen LogP contribution >= 0.6 is 0 Å². The van der Waals surface area contributed by atoms with Gasteiger partial charge >= 0.3 is 0 Å². The number of hydrogen-bond donors (Lipinski definition) is 1. The second-order valence-electron chi connectivity index (χ2n) is 5.91. The summed E-state index contributed by atoms with van der Waals surface area (Å²) in [7, 11) is 2.26. The average Bonchev–Trinajstić information content (AvgIpc) is 2.19. The molecule has 0 aromatic carbocycles. The van der Waals surface area contributed by atoms with Crippen molar-refractivity contribution in [2.75, 3.05) is 20.1 Å². The molecule has 2 heteroatoms. The fourth-order valence-corrected chi connectivity index (χ4v) is 1.83. The maximum Gasteiger partial charge on any atom is 0.0217 e. The van der Waals surface area contributed by atoms with Crippen LogP contribution in [-0.4, -0.2) is 36.6 Å². The predicted octanol–water partition coefficient (Wildman–Crippen LogP) is 3.28. The van der Waals surface area contributed by atoms with Crippen molar-refractivity contribution in [2.45, 2.75) is 71.9 Å². The molecule has 0 bridgehead atoms. The van der Waals surface area contributed by atoms with Gasteiger partial charge in [0.05, 0.1) is 0 Å². The third-order valence-electron chi connectivity index (χ3n) is 2.98. The van der Waals surface area contributed by atoms with Crippen molar-refractivity contribution in [1.82, 2.24) is 10.2 Å². The lowest BCUT2D eigenvalue weighted by Gasteiger charge is -2.31. The van der Waals surface area contributed by atoms with E-state index in [4.69, 9.17) is 0 Å². The standard InChI is InChI=1S/C14H32N2/c1-7-9-11-16(6)13(10-8-2)12-15-14(3,4)5/h13,15H,7-12H2,1-6H3. The summed E-state index contributed by atoms with van der Waals surface area (Å²) in [5.41, 5.74) is 0.234. The van der Waals surface area contributed by atoms with Gasteiger partial charge in [-0.2, -0.15) is 0 Å². The van der Waals surface area contributed by atoms with Crippen LogP contribution in [0.1, 0.15) is 60.3 Å². The Kier molecular flexibility index (Phi) is 8.04. The van der Waals surface area contributed by atoms with Crippen LogP contribution in [0.25, 0.3) is 0 Å². The van der Waals surface area contributed by atoms with Crippen LogP contribution < -0.4 is 5.32 Å². The SMILES string of the molecule is CCCCN(C)C(CCC)CNC(C)(C)C. The summed E-state index contributed by atoms with van der Waals surface area (Å²) in [5, 5.41) is 3.62. The maximum atomic E-state index is 3.62. The molecule has 1 N–H and O–H groups in total. The van der Waals surface area contributed by atoms with Crippen LogP contribution in [0.15, 0.2) is 0 Å². The van der Waals surface area contributed by atoms with Crippen LogP contribution in [0.2, 0.25) is 0 Å². The second kappa shape index (κ2) is 8.08. The van der Waals surface area contributed by atoms with Gasteiger partial charge in [0.2, 0.25) is 0 Å². The molecule has 0 saturated heterocycles. The quantitative estimate of drug-likeness (QED) is 0.686. The van der Waals surface area contributed by atoms with Gasteiger partial charge in [0.25, 0.3) is 0 Å². The normalized spacial score (nSPS) is 14.4. The largest absolute Gasteiger partial charge is 0.311 e. The van der Waals surface area contributed by atoms with Gasteiger partial charge in [0.1, 0.15) is 0 Å². The summed E-state index contributed by atoms with van der Waals surface area (Å²) >= 11 is 0. The molecule has 0 rings (SSSR count). The Bertz CT molecular complexity index is 161. The van der Waals surface area contributed by atoms with Gasteiger partial charge in [0, 0.05) is 18.1 Å². The molecule has 0 spiro atoms. The van der Waals surface area contributed by atoms with E-state index in [1.807, 2.05) is 0 Å².